The molecule has 0 spiro atoms. The molecule has 0 amide bonds. The first-order valence-electron chi connectivity index (χ1n) is 16.4. The molecule has 4 rings (SSSR count). The number of anilines is 2. The van der Waals surface area contributed by atoms with E-state index in [1.165, 1.54) is 35.0 Å². The summed E-state index contributed by atoms with van der Waals surface area (Å²) in [5.74, 6) is 0. The Balaban J connectivity index is 1.60. The number of benzene rings is 2. The zero-order chi connectivity index (χ0) is 30.2. The van der Waals surface area contributed by atoms with E-state index in [0.717, 1.165) is 85.3 Å². The van der Waals surface area contributed by atoms with Gasteiger partial charge in [0.25, 0.3) is 0 Å². The van der Waals surface area contributed by atoms with Gasteiger partial charge in [-0.3, -0.25) is 9.97 Å². The van der Waals surface area contributed by atoms with E-state index >= 15 is 0 Å². The molecule has 0 aliphatic rings. The highest BCUT2D eigenvalue weighted by Gasteiger charge is 2.15. The standard InChI is InChI=1S/C36H54N6/c1-9-41(10-2)21-13-15-25(5)37-33-23-27(7)39-35-29-18-20-32-34(38-26(6)16-14-22-42(11-3)12-4)24-28(8)40-36(32)30(29)17-19-31(33)35/h17-20,23-26H,9-16,21-22H2,1-8H3,(H,37,39)(H,38,40)/t25-,26-/m1/s1. The predicted molar refractivity (Wildman–Crippen MR) is 184 cm³/mol. The number of fused-ring (bicyclic) bond motifs is 5. The number of aromatic nitrogens is 2. The summed E-state index contributed by atoms with van der Waals surface area (Å²) in [6.45, 7) is 24.6. The van der Waals surface area contributed by atoms with E-state index < -0.39 is 0 Å². The van der Waals surface area contributed by atoms with E-state index in [2.05, 4.69) is 112 Å². The second-order valence-corrected chi connectivity index (χ2v) is 12.1. The molecular formula is C36H54N6. The molecule has 0 saturated heterocycles. The van der Waals surface area contributed by atoms with E-state index in [1.807, 2.05) is 0 Å². The molecule has 228 valence electrons. The minimum atomic E-state index is 0.393. The molecule has 2 heterocycles. The SMILES string of the molecule is CCN(CC)CCC[C@@H](C)Nc1cc(C)nc2c1ccc1c2ccc2c(N[C@H](C)CCCN(CC)CC)cc(C)nc21. The normalized spacial score (nSPS) is 13.5. The number of rotatable bonds is 16. The molecule has 0 bridgehead atoms. The van der Waals surface area contributed by atoms with Crippen LogP contribution >= 0.6 is 0 Å². The average Bonchev–Trinajstić information content (AvgIpc) is 2.97. The number of hydrogen-bond acceptors (Lipinski definition) is 6. The highest BCUT2D eigenvalue weighted by molar-refractivity contribution is 6.18. The van der Waals surface area contributed by atoms with Crippen LogP contribution in [0.4, 0.5) is 11.4 Å². The van der Waals surface area contributed by atoms with Crippen molar-refractivity contribution in [2.45, 2.75) is 93.2 Å². The van der Waals surface area contributed by atoms with Crippen LogP contribution in [0.1, 0.15) is 78.6 Å². The fourth-order valence-corrected chi connectivity index (χ4v) is 6.28. The molecule has 2 N–H and O–H groups in total. The maximum absolute atomic E-state index is 5.05. The van der Waals surface area contributed by atoms with Crippen LogP contribution in [0.25, 0.3) is 32.6 Å². The van der Waals surface area contributed by atoms with Crippen molar-refractivity contribution >= 4 is 44.0 Å². The summed E-state index contributed by atoms with van der Waals surface area (Å²) < 4.78 is 0. The van der Waals surface area contributed by atoms with Crippen LogP contribution < -0.4 is 10.6 Å². The predicted octanol–water partition coefficient (Wildman–Crippen LogP) is 8.40. The van der Waals surface area contributed by atoms with Crippen molar-refractivity contribution in [3.8, 4) is 0 Å². The van der Waals surface area contributed by atoms with Gasteiger partial charge in [0.05, 0.1) is 11.0 Å². The molecular weight excluding hydrogens is 516 g/mol. The van der Waals surface area contributed by atoms with E-state index in [-0.39, 0.29) is 0 Å². The Hall–Kier alpha value is -2.96. The fraction of sp³-hybridized carbons (Fsp3) is 0.556. The molecule has 2 aromatic heterocycles. The van der Waals surface area contributed by atoms with Gasteiger partial charge in [0.1, 0.15) is 0 Å². The summed E-state index contributed by atoms with van der Waals surface area (Å²) in [7, 11) is 0. The second kappa shape index (κ2) is 15.0. The summed E-state index contributed by atoms with van der Waals surface area (Å²) in [6.07, 6.45) is 4.68. The van der Waals surface area contributed by atoms with Crippen molar-refractivity contribution in [3.05, 3.63) is 47.8 Å². The van der Waals surface area contributed by atoms with Crippen molar-refractivity contribution in [2.24, 2.45) is 0 Å². The van der Waals surface area contributed by atoms with Gasteiger partial charge in [-0.2, -0.15) is 0 Å². The average molecular weight is 571 g/mol. The number of aryl methyl sites for hydroxylation is 2. The Labute approximate surface area is 254 Å². The van der Waals surface area contributed by atoms with Gasteiger partial charge in [-0.1, -0.05) is 52.0 Å². The van der Waals surface area contributed by atoms with Crippen LogP contribution in [-0.4, -0.2) is 71.1 Å². The third-order valence-electron chi connectivity index (χ3n) is 8.82. The number of pyridine rings is 2. The summed E-state index contributed by atoms with van der Waals surface area (Å²) >= 11 is 0. The van der Waals surface area contributed by atoms with Crippen LogP contribution in [0.5, 0.6) is 0 Å². The third-order valence-corrected chi connectivity index (χ3v) is 8.82. The molecule has 0 unspecified atom stereocenters. The van der Waals surface area contributed by atoms with Crippen LogP contribution in [-0.2, 0) is 0 Å². The summed E-state index contributed by atoms with van der Waals surface area (Å²) in [4.78, 5) is 15.1. The fourth-order valence-electron chi connectivity index (χ4n) is 6.28. The topological polar surface area (TPSA) is 56.3 Å². The number of nitrogens with one attached hydrogen (secondary N) is 2. The van der Waals surface area contributed by atoms with E-state index in [1.54, 1.807) is 0 Å². The summed E-state index contributed by atoms with van der Waals surface area (Å²) in [5.41, 5.74) is 6.52. The van der Waals surface area contributed by atoms with Gasteiger partial charge in [-0.05, 0) is 105 Å². The maximum atomic E-state index is 5.05. The van der Waals surface area contributed by atoms with Crippen LogP contribution in [0.3, 0.4) is 0 Å². The van der Waals surface area contributed by atoms with Crippen molar-refractivity contribution < 1.29 is 0 Å². The van der Waals surface area contributed by atoms with E-state index in [9.17, 15) is 0 Å². The van der Waals surface area contributed by atoms with E-state index in [4.69, 9.17) is 9.97 Å². The van der Waals surface area contributed by atoms with Gasteiger partial charge in [-0.15, -0.1) is 0 Å². The molecule has 0 radical (unpaired) electrons. The van der Waals surface area contributed by atoms with Gasteiger partial charge < -0.3 is 20.4 Å². The molecule has 0 fully saturated rings. The Morgan fingerprint density at radius 3 is 1.31 bits per heavy atom. The van der Waals surface area contributed by atoms with Gasteiger partial charge in [0.2, 0.25) is 0 Å². The smallest absolute Gasteiger partial charge is 0.0805 e. The van der Waals surface area contributed by atoms with Gasteiger partial charge in [-0.25, -0.2) is 0 Å². The minimum absolute atomic E-state index is 0.393. The largest absolute Gasteiger partial charge is 0.382 e. The molecule has 42 heavy (non-hydrogen) atoms. The maximum Gasteiger partial charge on any atom is 0.0805 e. The molecule has 2 atom stereocenters. The first-order chi connectivity index (χ1) is 20.3. The zero-order valence-electron chi connectivity index (χ0n) is 27.5. The summed E-state index contributed by atoms with van der Waals surface area (Å²) in [5, 5.41) is 12.3. The molecule has 6 nitrogen and oxygen atoms in total. The molecule has 0 saturated carbocycles. The van der Waals surface area contributed by atoms with Crippen LogP contribution in [0.2, 0.25) is 0 Å². The van der Waals surface area contributed by atoms with Crippen molar-refractivity contribution in [3.63, 3.8) is 0 Å². The minimum Gasteiger partial charge on any atom is -0.382 e. The molecule has 6 heteroatoms. The zero-order valence-corrected chi connectivity index (χ0v) is 27.5. The van der Waals surface area contributed by atoms with Crippen molar-refractivity contribution in [2.75, 3.05) is 49.9 Å². The van der Waals surface area contributed by atoms with Gasteiger partial charge in [0, 0.05) is 56.4 Å². The molecule has 0 aliphatic heterocycles. The molecule has 0 aliphatic carbocycles. The quantitative estimate of drug-likeness (QED) is 0.132. The Morgan fingerprint density at radius 2 is 0.952 bits per heavy atom. The lowest BCUT2D eigenvalue weighted by molar-refractivity contribution is 0.295. The highest BCUT2D eigenvalue weighted by Crippen LogP contribution is 2.36. The van der Waals surface area contributed by atoms with Crippen LogP contribution in [0.15, 0.2) is 36.4 Å². The lowest BCUT2D eigenvalue weighted by atomic mass is 10.00. The molecule has 2 aromatic carbocycles. The Kier molecular flexibility index (Phi) is 11.4. The van der Waals surface area contributed by atoms with Gasteiger partial charge >= 0.3 is 0 Å². The summed E-state index contributed by atoms with van der Waals surface area (Å²) in [6, 6.07) is 14.1. The third kappa shape index (κ3) is 7.70. The van der Waals surface area contributed by atoms with Crippen molar-refractivity contribution in [1.29, 1.82) is 0 Å². The first kappa shape index (κ1) is 32.0. The van der Waals surface area contributed by atoms with Crippen molar-refractivity contribution in [1.82, 2.24) is 19.8 Å². The monoisotopic (exact) mass is 570 g/mol. The number of hydrogen-bond donors (Lipinski definition) is 2. The Morgan fingerprint density at radius 1 is 0.595 bits per heavy atom. The first-order valence-corrected chi connectivity index (χ1v) is 16.4. The second-order valence-electron chi connectivity index (χ2n) is 12.1. The Bertz CT molecular complexity index is 1350. The lowest BCUT2D eigenvalue weighted by Gasteiger charge is -2.22. The number of nitrogens with zero attached hydrogens (tertiary/aromatic N) is 4. The highest BCUT2D eigenvalue weighted by atomic mass is 15.1. The van der Waals surface area contributed by atoms with Gasteiger partial charge in [0.15, 0.2) is 0 Å². The van der Waals surface area contributed by atoms with Crippen LogP contribution in [0, 0.1) is 13.8 Å². The molecule has 4 aromatic rings. The lowest BCUT2D eigenvalue weighted by Crippen LogP contribution is -2.25. The van der Waals surface area contributed by atoms with E-state index in [0.29, 0.717) is 12.1 Å².